The summed E-state index contributed by atoms with van der Waals surface area (Å²) in [6.45, 7) is 0.622. The number of nitrogens with one attached hydrogen (secondary N) is 1. The summed E-state index contributed by atoms with van der Waals surface area (Å²) < 4.78 is 0. The summed E-state index contributed by atoms with van der Waals surface area (Å²) in [6.07, 6.45) is 1.24. The fourth-order valence-corrected chi connectivity index (χ4v) is 3.18. The van der Waals surface area contributed by atoms with E-state index in [0.29, 0.717) is 13.0 Å². The van der Waals surface area contributed by atoms with Crippen LogP contribution in [0.5, 0.6) is 0 Å². The van der Waals surface area contributed by atoms with Gasteiger partial charge in [-0.15, -0.1) is 0 Å². The number of halogens is 1. The molecule has 132 valence electrons. The lowest BCUT2D eigenvalue weighted by molar-refractivity contribution is -0.121. The molecule has 0 spiro atoms. The predicted molar refractivity (Wildman–Crippen MR) is 108 cm³/mol. The number of carbonyl (C=O) groups excluding carboxylic acids is 1. The summed E-state index contributed by atoms with van der Waals surface area (Å²) in [5, 5.41) is 3.77. The van der Waals surface area contributed by atoms with Gasteiger partial charge in [0.15, 0.2) is 0 Å². The van der Waals surface area contributed by atoms with Crippen LogP contribution in [0.25, 0.3) is 0 Å². The van der Waals surface area contributed by atoms with E-state index in [0.717, 1.165) is 28.1 Å². The predicted octanol–water partition coefficient (Wildman–Crippen LogP) is 5.22. The second kappa shape index (κ2) is 9.21. The van der Waals surface area contributed by atoms with E-state index in [1.807, 2.05) is 60.7 Å². The van der Waals surface area contributed by atoms with Gasteiger partial charge in [-0.25, -0.2) is 0 Å². The van der Waals surface area contributed by atoms with E-state index < -0.39 is 0 Å². The van der Waals surface area contributed by atoms with Gasteiger partial charge in [-0.05, 0) is 35.2 Å². The van der Waals surface area contributed by atoms with E-state index in [1.165, 1.54) is 0 Å². The molecule has 0 heterocycles. The van der Waals surface area contributed by atoms with E-state index in [-0.39, 0.29) is 11.8 Å². The Kier molecular flexibility index (Phi) is 6.45. The van der Waals surface area contributed by atoms with Gasteiger partial charge < -0.3 is 5.32 Å². The smallest absolute Gasteiger partial charge is 0.220 e. The van der Waals surface area contributed by atoms with Crippen LogP contribution in [0.3, 0.4) is 0 Å². The molecule has 2 nitrogen and oxygen atoms in total. The van der Waals surface area contributed by atoms with E-state index in [1.54, 1.807) is 0 Å². The number of hydrogen-bond donors (Lipinski definition) is 1. The summed E-state index contributed by atoms with van der Waals surface area (Å²) in [5.41, 5.74) is 3.48. The Morgan fingerprint density at radius 3 is 1.88 bits per heavy atom. The van der Waals surface area contributed by atoms with Gasteiger partial charge in [0.25, 0.3) is 0 Å². The first-order valence-electron chi connectivity index (χ1n) is 8.83. The van der Waals surface area contributed by atoms with E-state index >= 15 is 0 Å². The molecule has 0 bridgehead atoms. The number of benzene rings is 3. The highest BCUT2D eigenvalue weighted by atomic mass is 35.5. The molecule has 3 heteroatoms. The van der Waals surface area contributed by atoms with Crippen LogP contribution in [0.2, 0.25) is 5.02 Å². The largest absolute Gasteiger partial charge is 0.356 e. The van der Waals surface area contributed by atoms with Crippen molar-refractivity contribution < 1.29 is 4.79 Å². The minimum Gasteiger partial charge on any atom is -0.356 e. The monoisotopic (exact) mass is 363 g/mol. The molecule has 0 aromatic heterocycles. The summed E-state index contributed by atoms with van der Waals surface area (Å²) >= 11 is 5.90. The molecule has 3 aromatic rings. The third kappa shape index (κ3) is 5.21. The lowest BCUT2D eigenvalue weighted by atomic mass is 9.88. The fraction of sp³-hybridized carbons (Fsp3) is 0.174. The van der Waals surface area contributed by atoms with E-state index in [2.05, 4.69) is 29.6 Å². The van der Waals surface area contributed by atoms with Crippen LogP contribution in [0, 0.1) is 0 Å². The molecule has 0 unspecified atom stereocenters. The Labute approximate surface area is 159 Å². The average molecular weight is 364 g/mol. The molecule has 0 radical (unpaired) electrons. The standard InChI is InChI=1S/C23H22ClNO/c24-21-13-11-18(12-14-21)15-16-25-23(26)17-22(19-7-3-1-4-8-19)20-9-5-2-6-10-20/h1-14,22H,15-17H2,(H,25,26). The first kappa shape index (κ1) is 18.2. The third-order valence-corrected chi connectivity index (χ3v) is 4.69. The molecule has 0 aliphatic heterocycles. The molecule has 0 fully saturated rings. The maximum Gasteiger partial charge on any atom is 0.220 e. The van der Waals surface area contributed by atoms with Gasteiger partial charge in [0.05, 0.1) is 0 Å². The lowest BCUT2D eigenvalue weighted by Gasteiger charge is -2.18. The number of amides is 1. The van der Waals surface area contributed by atoms with Gasteiger partial charge in [-0.1, -0.05) is 84.4 Å². The summed E-state index contributed by atoms with van der Waals surface area (Å²) in [5.74, 6) is 0.129. The molecule has 0 aliphatic carbocycles. The minimum absolute atomic E-state index is 0.0629. The highest BCUT2D eigenvalue weighted by Gasteiger charge is 2.17. The Hall–Kier alpha value is -2.58. The number of carbonyl (C=O) groups is 1. The van der Waals surface area contributed by atoms with Gasteiger partial charge in [-0.3, -0.25) is 4.79 Å². The molecule has 0 saturated carbocycles. The van der Waals surface area contributed by atoms with Crippen LogP contribution in [0.15, 0.2) is 84.9 Å². The summed E-state index contributed by atoms with van der Waals surface area (Å²) in [6, 6.07) is 28.1. The summed E-state index contributed by atoms with van der Waals surface area (Å²) in [7, 11) is 0. The van der Waals surface area contributed by atoms with Crippen molar-refractivity contribution in [2.24, 2.45) is 0 Å². The zero-order valence-electron chi connectivity index (χ0n) is 14.6. The quantitative estimate of drug-likeness (QED) is 0.612. The Morgan fingerprint density at radius 1 is 0.808 bits per heavy atom. The minimum atomic E-state index is 0.0629. The average Bonchev–Trinajstić information content (AvgIpc) is 2.69. The van der Waals surface area contributed by atoms with Crippen LogP contribution in [0.1, 0.15) is 29.0 Å². The van der Waals surface area contributed by atoms with Crippen molar-refractivity contribution in [3.63, 3.8) is 0 Å². The Balaban J connectivity index is 1.61. The number of rotatable bonds is 7. The zero-order chi connectivity index (χ0) is 18.2. The lowest BCUT2D eigenvalue weighted by Crippen LogP contribution is -2.27. The zero-order valence-corrected chi connectivity index (χ0v) is 15.3. The highest BCUT2D eigenvalue weighted by molar-refractivity contribution is 6.30. The van der Waals surface area contributed by atoms with Crippen molar-refractivity contribution in [1.82, 2.24) is 5.32 Å². The molecule has 0 aliphatic rings. The highest BCUT2D eigenvalue weighted by Crippen LogP contribution is 2.27. The van der Waals surface area contributed by atoms with Crippen molar-refractivity contribution in [3.05, 3.63) is 107 Å². The Morgan fingerprint density at radius 2 is 1.35 bits per heavy atom. The first-order chi connectivity index (χ1) is 12.7. The first-order valence-corrected chi connectivity index (χ1v) is 9.21. The van der Waals surface area contributed by atoms with Gasteiger partial charge in [0.2, 0.25) is 5.91 Å². The van der Waals surface area contributed by atoms with Gasteiger partial charge in [0, 0.05) is 23.9 Å². The summed E-state index contributed by atoms with van der Waals surface area (Å²) in [4.78, 5) is 12.5. The van der Waals surface area contributed by atoms with Crippen LogP contribution in [0.4, 0.5) is 0 Å². The van der Waals surface area contributed by atoms with Crippen molar-refractivity contribution in [2.45, 2.75) is 18.8 Å². The molecule has 0 saturated heterocycles. The van der Waals surface area contributed by atoms with Crippen LogP contribution >= 0.6 is 11.6 Å². The van der Waals surface area contributed by atoms with E-state index in [4.69, 9.17) is 11.6 Å². The molecule has 0 atom stereocenters. The third-order valence-electron chi connectivity index (χ3n) is 4.44. The van der Waals surface area contributed by atoms with Crippen molar-refractivity contribution >= 4 is 17.5 Å². The molecule has 1 N–H and O–H groups in total. The van der Waals surface area contributed by atoms with Gasteiger partial charge in [0.1, 0.15) is 0 Å². The second-order valence-electron chi connectivity index (χ2n) is 6.30. The maximum absolute atomic E-state index is 12.5. The van der Waals surface area contributed by atoms with Crippen LogP contribution in [-0.2, 0) is 11.2 Å². The maximum atomic E-state index is 12.5. The molecule has 26 heavy (non-hydrogen) atoms. The molecule has 3 aromatic carbocycles. The van der Waals surface area contributed by atoms with Crippen LogP contribution < -0.4 is 5.32 Å². The topological polar surface area (TPSA) is 29.1 Å². The Bertz CT molecular complexity index is 776. The second-order valence-corrected chi connectivity index (χ2v) is 6.74. The van der Waals surface area contributed by atoms with E-state index in [9.17, 15) is 4.79 Å². The van der Waals surface area contributed by atoms with Gasteiger partial charge in [-0.2, -0.15) is 0 Å². The number of hydrogen-bond acceptors (Lipinski definition) is 1. The van der Waals surface area contributed by atoms with Crippen LogP contribution in [-0.4, -0.2) is 12.5 Å². The molecular formula is C23H22ClNO. The normalized spacial score (nSPS) is 10.7. The molecular weight excluding hydrogens is 342 g/mol. The fourth-order valence-electron chi connectivity index (χ4n) is 3.05. The molecule has 3 rings (SSSR count). The molecule has 1 amide bonds. The van der Waals surface area contributed by atoms with Crippen molar-refractivity contribution in [2.75, 3.05) is 6.54 Å². The van der Waals surface area contributed by atoms with Crippen molar-refractivity contribution in [1.29, 1.82) is 0 Å². The SMILES string of the molecule is O=C(CC(c1ccccc1)c1ccccc1)NCCc1ccc(Cl)cc1. The van der Waals surface area contributed by atoms with Crippen molar-refractivity contribution in [3.8, 4) is 0 Å². The van der Waals surface area contributed by atoms with Gasteiger partial charge >= 0.3 is 0 Å².